The van der Waals surface area contributed by atoms with Gasteiger partial charge in [0.1, 0.15) is 0 Å². The molecule has 0 atom stereocenters. The molecule has 0 N–H and O–H groups in total. The quantitative estimate of drug-likeness (QED) is 0.0158. The first-order chi connectivity index (χ1) is 50.0. The van der Waals surface area contributed by atoms with E-state index in [1.165, 1.54) is 453 Å². The summed E-state index contributed by atoms with van der Waals surface area (Å²) in [4.78, 5) is 3.59. The van der Waals surface area contributed by atoms with E-state index in [1.54, 1.807) is 0 Å². The van der Waals surface area contributed by atoms with Gasteiger partial charge in [0.15, 0.2) is 0 Å². The summed E-state index contributed by atoms with van der Waals surface area (Å²) < 4.78 is 0. The van der Waals surface area contributed by atoms with Gasteiger partial charge in [-0.1, -0.05) is 349 Å². The van der Waals surface area contributed by atoms with Crippen molar-refractivity contribution in [1.82, 2.24) is 0 Å². The number of unbranched alkanes of at least 4 members (excludes halogenated alkanes) is 60. The van der Waals surface area contributed by atoms with Crippen molar-refractivity contribution in [3.63, 3.8) is 0 Å². The Labute approximate surface area is 641 Å². The van der Waals surface area contributed by atoms with Gasteiger partial charge in [0.25, 0.3) is 0 Å². The standard InChI is InChI=1S/C66H112N2.2C16H33.Ni/c1-7-13-17-19-21-23-25-27-29-31-33-35-37-39-41-43-45-47-60-52-61(48-46-44-42-40-38-36-34-32-30-28-26-24-22-20-18-14-8-2)56-64(55-60)66(63-53-58(11-5)51-59(12-6)54-63)65(50-16-10-4)62(57-68-67)49-15-9-3;2*1-3-5-7-9-11-13-15-16-14-12-10-8-6-4-2;/h51-56H,7-50H2,1-6H3;2*1,3-16H2,2H3;. The van der Waals surface area contributed by atoms with Crippen molar-refractivity contribution < 1.29 is 19.2 Å². The van der Waals surface area contributed by atoms with Crippen molar-refractivity contribution in [2.45, 2.75) is 528 Å². The zero-order valence-corrected chi connectivity index (χ0v) is 71.0. The smallest absolute Gasteiger partial charge is 0.0654 e. The van der Waals surface area contributed by atoms with Crippen LogP contribution in [0.3, 0.4) is 0 Å². The van der Waals surface area contributed by atoms with Gasteiger partial charge in [-0.15, -0.1) is 4.79 Å². The number of rotatable bonds is 77. The fourth-order valence-electron chi connectivity index (χ4n) is 15.4. The molecule has 2 aromatic rings. The van der Waals surface area contributed by atoms with Crippen LogP contribution in [0, 0.1) is 0 Å². The number of nitrogens with zero attached hydrogens (tertiary/aromatic N) is 2. The summed E-state index contributed by atoms with van der Waals surface area (Å²) in [6, 6.07) is 15.0. The average molecular weight is 1440 g/mol. The Hall–Kier alpha value is -2.17. The number of allylic oxidation sites excluding steroid dienone is 2. The number of benzene rings is 2. The number of hydrogen-bond acceptors (Lipinski definition) is 0. The molecule has 0 saturated carbocycles. The van der Waals surface area contributed by atoms with Crippen LogP contribution >= 0.6 is 0 Å². The molecule has 0 aliphatic rings. The molecule has 3 heteroatoms. The van der Waals surface area contributed by atoms with Gasteiger partial charge in [-0.05, 0) is 109 Å². The summed E-state index contributed by atoms with van der Waals surface area (Å²) in [5.41, 5.74) is 22.3. The van der Waals surface area contributed by atoms with E-state index in [9.17, 15) is 5.53 Å². The van der Waals surface area contributed by atoms with Crippen LogP contribution in [-0.4, -0.2) is 10.7 Å². The molecule has 0 spiro atoms. The van der Waals surface area contributed by atoms with Crippen molar-refractivity contribution >= 4 is 11.4 Å². The summed E-state index contributed by atoms with van der Waals surface area (Å²) in [6.07, 6.45) is 99.9. The predicted molar refractivity (Wildman–Crippen MR) is 455 cm³/mol. The molecule has 0 fully saturated rings. The molecule has 0 saturated heterocycles. The van der Waals surface area contributed by atoms with Gasteiger partial charge in [0, 0.05) is 0 Å². The summed E-state index contributed by atoms with van der Waals surface area (Å²) in [6.45, 7) is 18.4. The maximum absolute atomic E-state index is 10.0. The van der Waals surface area contributed by atoms with Crippen LogP contribution in [0.1, 0.15) is 525 Å². The second-order valence-corrected chi connectivity index (χ2v) is 33.5. The monoisotopic (exact) mass is 1440 g/mol. The zero-order valence-electron chi connectivity index (χ0n) is 70.0. The summed E-state index contributed by atoms with van der Waals surface area (Å²) >= 11 is 2.04. The normalized spacial score (nSPS) is 11.7. The minimum absolute atomic E-state index is 0.891. The van der Waals surface area contributed by atoms with E-state index >= 15 is 0 Å². The predicted octanol–water partition coefficient (Wildman–Crippen LogP) is 35.1. The van der Waals surface area contributed by atoms with Gasteiger partial charge in [-0.2, -0.15) is 0 Å². The molecule has 0 unspecified atom stereocenters. The first-order valence-electron chi connectivity index (χ1n) is 46.4. The van der Waals surface area contributed by atoms with E-state index < -0.39 is 0 Å². The summed E-state index contributed by atoms with van der Waals surface area (Å²) in [5, 5.41) is 2.87. The number of hydrogen-bond donors (Lipinski definition) is 0. The zero-order chi connectivity index (χ0) is 72.9. The summed E-state index contributed by atoms with van der Waals surface area (Å²) in [7, 11) is 0. The Kier molecular flexibility index (Phi) is 75.6. The van der Waals surface area contributed by atoms with E-state index in [0.717, 1.165) is 69.8 Å². The van der Waals surface area contributed by atoms with Crippen molar-refractivity contribution in [2.24, 2.45) is 0 Å². The van der Waals surface area contributed by atoms with Gasteiger partial charge in [0.2, 0.25) is 0 Å². The van der Waals surface area contributed by atoms with Gasteiger partial charge in [-0.25, -0.2) is 0 Å². The van der Waals surface area contributed by atoms with E-state index in [2.05, 4.69) is 102 Å². The molecule has 0 aliphatic heterocycles. The van der Waals surface area contributed by atoms with Crippen molar-refractivity contribution in [3.8, 4) is 0 Å². The molecule has 2 aromatic carbocycles. The Balaban J connectivity index is 0.00000129. The Bertz CT molecular complexity index is 2040. The van der Waals surface area contributed by atoms with Crippen LogP contribution in [0.15, 0.2) is 47.5 Å². The molecule has 2 rings (SSSR count). The van der Waals surface area contributed by atoms with Crippen molar-refractivity contribution in [3.05, 3.63) is 86.5 Å². The number of aryl methyl sites for hydroxylation is 4. The van der Waals surface area contributed by atoms with E-state index in [-0.39, 0.29) is 0 Å². The van der Waals surface area contributed by atoms with Crippen LogP contribution < -0.4 is 0 Å². The van der Waals surface area contributed by atoms with Crippen LogP contribution in [-0.2, 0) is 40.1 Å². The first-order valence-corrected chi connectivity index (χ1v) is 47.8. The third kappa shape index (κ3) is 61.5. The van der Waals surface area contributed by atoms with Gasteiger partial charge >= 0.3 is 172 Å². The molecule has 0 aliphatic carbocycles. The Morgan fingerprint density at radius 2 is 0.475 bits per heavy atom. The van der Waals surface area contributed by atoms with Gasteiger partial charge < -0.3 is 5.53 Å². The third-order valence-corrected chi connectivity index (χ3v) is 23.6. The van der Waals surface area contributed by atoms with Crippen LogP contribution in [0.5, 0.6) is 0 Å². The van der Waals surface area contributed by atoms with Gasteiger partial charge in [-0.3, -0.25) is 0 Å². The maximum atomic E-state index is 10.0. The molecule has 0 bridgehead atoms. The second kappa shape index (κ2) is 78.9. The average Bonchev–Trinajstić information content (AvgIpc) is 0.790. The second-order valence-electron chi connectivity index (χ2n) is 32.0. The SMILES string of the molecule is CCCCCCCCCCCCCCCCCCCc1cc(CCCCCCCCCCCCCCCCCCC)cc(C(=C(CCCC)C(=C=[N+]=[N-])CCCC)c2cc(CC)cc(CC)c2)c1.CCCCCCCCCCCCCCC[CH2][Ni][CH2]CCCCCCCCCCCCCCC. The Morgan fingerprint density at radius 3 is 0.723 bits per heavy atom. The minimum atomic E-state index is 0.891. The molecule has 0 heterocycles. The minimum Gasteiger partial charge on any atom is -0.0654 e. The van der Waals surface area contributed by atoms with Crippen molar-refractivity contribution in [2.75, 3.05) is 0 Å². The Morgan fingerprint density at radius 1 is 0.257 bits per heavy atom. The topological polar surface area (TPSA) is 36.4 Å². The van der Waals surface area contributed by atoms with Crippen LogP contribution in [0.25, 0.3) is 11.1 Å². The van der Waals surface area contributed by atoms with Crippen molar-refractivity contribution in [1.29, 1.82) is 0 Å². The van der Waals surface area contributed by atoms with E-state index in [1.807, 2.05) is 14.4 Å². The fraction of sp³-hybridized carbons (Fsp3) is 0.837. The molecule has 0 amide bonds. The first kappa shape index (κ1) is 96.8. The van der Waals surface area contributed by atoms with Gasteiger partial charge in [0.05, 0.1) is 5.57 Å². The molecule has 590 valence electrons. The van der Waals surface area contributed by atoms with E-state index in [0.29, 0.717) is 0 Å². The summed E-state index contributed by atoms with van der Waals surface area (Å²) in [5.74, 6) is 3.15. The molecular formula is C98H178N2Ni. The van der Waals surface area contributed by atoms with Crippen LogP contribution in [0.2, 0.25) is 10.8 Å². The molecule has 0 radical (unpaired) electrons. The molecular weight excluding hydrogens is 1260 g/mol. The van der Waals surface area contributed by atoms with Crippen LogP contribution in [0.4, 0.5) is 0 Å². The molecule has 2 nitrogen and oxygen atoms in total. The molecule has 101 heavy (non-hydrogen) atoms. The third-order valence-electron chi connectivity index (χ3n) is 22.2. The molecule has 0 aromatic heterocycles. The van der Waals surface area contributed by atoms with E-state index in [4.69, 9.17) is 0 Å². The fourth-order valence-corrected chi connectivity index (χ4v) is 16.6.